The van der Waals surface area contributed by atoms with Crippen molar-refractivity contribution < 1.29 is 9.18 Å². The third kappa shape index (κ3) is 3.82. The molecule has 0 radical (unpaired) electrons. The van der Waals surface area contributed by atoms with Gasteiger partial charge in [-0.3, -0.25) is 9.69 Å². The number of nitrogens with zero attached hydrogens (tertiary/aromatic N) is 2. The molecule has 1 aliphatic rings. The van der Waals surface area contributed by atoms with Gasteiger partial charge in [0.15, 0.2) is 0 Å². The zero-order chi connectivity index (χ0) is 18.8. The van der Waals surface area contributed by atoms with Gasteiger partial charge < -0.3 is 9.88 Å². The van der Waals surface area contributed by atoms with Crippen LogP contribution in [0.25, 0.3) is 0 Å². The topological polar surface area (TPSA) is 37.3 Å². The van der Waals surface area contributed by atoms with Crippen molar-refractivity contribution in [1.29, 1.82) is 0 Å². The summed E-state index contributed by atoms with van der Waals surface area (Å²) in [6.45, 7) is 4.22. The number of hydrogen-bond acceptors (Lipinski definition) is 3. The number of thiophene rings is 1. The van der Waals surface area contributed by atoms with Gasteiger partial charge in [0.25, 0.3) is 0 Å². The second-order valence-corrected chi connectivity index (χ2v) is 7.82. The summed E-state index contributed by atoms with van der Waals surface area (Å²) >= 11 is 1.59. The fraction of sp³-hybridized carbons (Fsp3) is 0.286. The van der Waals surface area contributed by atoms with Crippen molar-refractivity contribution in [2.24, 2.45) is 0 Å². The van der Waals surface area contributed by atoms with Crippen molar-refractivity contribution in [3.8, 4) is 0 Å². The van der Waals surface area contributed by atoms with Crippen molar-refractivity contribution in [1.82, 2.24) is 14.8 Å². The Hall–Kier alpha value is -2.44. The van der Waals surface area contributed by atoms with E-state index >= 15 is 0 Å². The Labute approximate surface area is 162 Å². The summed E-state index contributed by atoms with van der Waals surface area (Å²) in [6.07, 6.45) is 2.09. The van der Waals surface area contributed by atoms with E-state index in [-0.39, 0.29) is 23.8 Å². The summed E-state index contributed by atoms with van der Waals surface area (Å²) < 4.78 is 15.6. The summed E-state index contributed by atoms with van der Waals surface area (Å²) in [5.41, 5.74) is 2.12. The Morgan fingerprint density at radius 2 is 2.04 bits per heavy atom. The Morgan fingerprint density at radius 3 is 2.78 bits per heavy atom. The molecule has 0 aliphatic carbocycles. The van der Waals surface area contributed by atoms with E-state index < -0.39 is 0 Å². The Bertz CT molecular complexity index is 904. The highest BCUT2D eigenvalue weighted by molar-refractivity contribution is 7.10. The normalized spacial score (nSPS) is 18.1. The van der Waals surface area contributed by atoms with Crippen molar-refractivity contribution in [2.75, 3.05) is 13.1 Å². The van der Waals surface area contributed by atoms with Crippen LogP contribution in [0.15, 0.2) is 60.1 Å². The molecule has 3 heterocycles. The second kappa shape index (κ2) is 7.66. The summed E-state index contributed by atoms with van der Waals surface area (Å²) in [4.78, 5) is 16.1. The predicted octanol–water partition coefficient (Wildman–Crippen LogP) is 3.97. The molecular weight excluding hydrogens is 361 g/mol. The lowest BCUT2D eigenvalue weighted by atomic mass is 10.1. The molecule has 1 N–H and O–H groups in total. The van der Waals surface area contributed by atoms with Gasteiger partial charge in [-0.05, 0) is 48.2 Å². The molecule has 0 saturated heterocycles. The van der Waals surface area contributed by atoms with Crippen molar-refractivity contribution in [3.63, 3.8) is 0 Å². The van der Waals surface area contributed by atoms with Gasteiger partial charge in [-0.1, -0.05) is 18.2 Å². The molecule has 0 fully saturated rings. The minimum atomic E-state index is -0.278. The third-order valence-electron chi connectivity index (χ3n) is 5.15. The van der Waals surface area contributed by atoms with Crippen LogP contribution >= 0.6 is 11.3 Å². The number of rotatable bonds is 5. The highest BCUT2D eigenvalue weighted by Gasteiger charge is 2.26. The maximum Gasteiger partial charge on any atom is 0.234 e. The number of hydrogen-bond donors (Lipinski definition) is 1. The zero-order valence-electron chi connectivity index (χ0n) is 15.1. The molecule has 1 amide bonds. The predicted molar refractivity (Wildman–Crippen MR) is 105 cm³/mol. The molecular formula is C21H22FN3OS. The minimum Gasteiger partial charge on any atom is -0.349 e. The van der Waals surface area contributed by atoms with E-state index in [0.29, 0.717) is 6.54 Å². The number of nitrogens with one attached hydrogen (secondary N) is 1. The molecule has 0 spiro atoms. The van der Waals surface area contributed by atoms with E-state index in [1.807, 2.05) is 17.5 Å². The lowest BCUT2D eigenvalue weighted by Crippen LogP contribution is -2.44. The first-order chi connectivity index (χ1) is 13.1. The van der Waals surface area contributed by atoms with E-state index in [4.69, 9.17) is 0 Å². The Morgan fingerprint density at radius 1 is 1.22 bits per heavy atom. The van der Waals surface area contributed by atoms with Crippen LogP contribution in [-0.4, -0.2) is 28.5 Å². The fourth-order valence-electron chi connectivity index (χ4n) is 3.66. The first-order valence-corrected chi connectivity index (χ1v) is 9.97. The highest BCUT2D eigenvalue weighted by atomic mass is 32.1. The number of amides is 1. The molecule has 0 saturated carbocycles. The van der Waals surface area contributed by atoms with Crippen LogP contribution in [0.1, 0.15) is 35.1 Å². The molecule has 0 unspecified atom stereocenters. The number of halogens is 1. The average molecular weight is 383 g/mol. The van der Waals surface area contributed by atoms with Gasteiger partial charge >= 0.3 is 0 Å². The van der Waals surface area contributed by atoms with Gasteiger partial charge in [0.05, 0.1) is 12.6 Å². The summed E-state index contributed by atoms with van der Waals surface area (Å²) in [5, 5.41) is 5.13. The van der Waals surface area contributed by atoms with Crippen LogP contribution in [0.3, 0.4) is 0 Å². The van der Waals surface area contributed by atoms with Gasteiger partial charge in [0.1, 0.15) is 5.82 Å². The molecule has 2 atom stereocenters. The number of fused-ring (bicyclic) bond motifs is 1. The minimum absolute atomic E-state index is 0.0235. The first kappa shape index (κ1) is 17.9. The number of benzene rings is 1. The molecule has 4 nitrogen and oxygen atoms in total. The van der Waals surface area contributed by atoms with Crippen molar-refractivity contribution in [3.05, 3.63) is 82.1 Å². The Kier molecular flexibility index (Phi) is 5.09. The Balaban J connectivity index is 1.48. The lowest BCUT2D eigenvalue weighted by Gasteiger charge is -2.34. The molecule has 3 aromatic rings. The maximum atomic E-state index is 13.3. The number of carbonyl (C=O) groups is 1. The van der Waals surface area contributed by atoms with E-state index in [1.54, 1.807) is 23.5 Å². The largest absolute Gasteiger partial charge is 0.349 e. The second-order valence-electron chi connectivity index (χ2n) is 6.84. The molecule has 0 bridgehead atoms. The summed E-state index contributed by atoms with van der Waals surface area (Å²) in [5.74, 6) is -0.301. The van der Waals surface area contributed by atoms with Crippen LogP contribution < -0.4 is 5.32 Å². The highest BCUT2D eigenvalue weighted by Crippen LogP contribution is 2.27. The SMILES string of the molecule is C[C@@H]1c2cccn2CCN1CC(=O)N[C@H](c1ccc(F)cc1)c1cccs1. The van der Waals surface area contributed by atoms with Gasteiger partial charge in [-0.15, -0.1) is 11.3 Å². The van der Waals surface area contributed by atoms with E-state index in [0.717, 1.165) is 23.5 Å². The van der Waals surface area contributed by atoms with E-state index in [2.05, 4.69) is 40.0 Å². The first-order valence-electron chi connectivity index (χ1n) is 9.09. The summed E-state index contributed by atoms with van der Waals surface area (Å²) in [6, 6.07) is 14.4. The van der Waals surface area contributed by atoms with Gasteiger partial charge in [-0.2, -0.15) is 0 Å². The van der Waals surface area contributed by atoms with E-state index in [9.17, 15) is 9.18 Å². The zero-order valence-corrected chi connectivity index (χ0v) is 16.0. The molecule has 140 valence electrons. The van der Waals surface area contributed by atoms with Crippen LogP contribution in [0.5, 0.6) is 0 Å². The van der Waals surface area contributed by atoms with Crippen LogP contribution in [0, 0.1) is 5.82 Å². The van der Waals surface area contributed by atoms with Crippen molar-refractivity contribution >= 4 is 17.2 Å². The summed E-state index contributed by atoms with van der Waals surface area (Å²) in [7, 11) is 0. The van der Waals surface area contributed by atoms with Gasteiger partial charge in [0, 0.05) is 35.9 Å². The van der Waals surface area contributed by atoms with Crippen LogP contribution in [-0.2, 0) is 11.3 Å². The molecule has 6 heteroatoms. The third-order valence-corrected chi connectivity index (χ3v) is 6.09. The van der Waals surface area contributed by atoms with E-state index in [1.165, 1.54) is 17.8 Å². The quantitative estimate of drug-likeness (QED) is 0.724. The monoisotopic (exact) mass is 383 g/mol. The molecule has 27 heavy (non-hydrogen) atoms. The number of aromatic nitrogens is 1. The lowest BCUT2D eigenvalue weighted by molar-refractivity contribution is -0.123. The molecule has 1 aromatic carbocycles. The van der Waals surface area contributed by atoms with Crippen LogP contribution in [0.4, 0.5) is 4.39 Å². The number of carbonyl (C=O) groups excluding carboxylic acids is 1. The molecule has 2 aromatic heterocycles. The van der Waals surface area contributed by atoms with Gasteiger partial charge in [-0.25, -0.2) is 4.39 Å². The maximum absolute atomic E-state index is 13.3. The van der Waals surface area contributed by atoms with Crippen LogP contribution in [0.2, 0.25) is 0 Å². The fourth-order valence-corrected chi connectivity index (χ4v) is 4.47. The van der Waals surface area contributed by atoms with Gasteiger partial charge in [0.2, 0.25) is 5.91 Å². The smallest absolute Gasteiger partial charge is 0.234 e. The average Bonchev–Trinajstić information content (AvgIpc) is 3.35. The standard InChI is InChI=1S/C21H22FN3OS/c1-15-18-4-2-10-24(18)11-12-25(15)14-20(26)23-21(19-5-3-13-27-19)16-6-8-17(22)9-7-16/h2-10,13,15,21H,11-12,14H2,1H3,(H,23,26)/t15-,21-/m1/s1. The molecule has 4 rings (SSSR count). The molecule has 1 aliphatic heterocycles. The van der Waals surface area contributed by atoms with Crippen molar-refractivity contribution in [2.45, 2.75) is 25.6 Å².